The molecule has 0 aliphatic carbocycles. The van der Waals surface area contributed by atoms with Crippen molar-refractivity contribution in [3.05, 3.63) is 77.9 Å². The summed E-state index contributed by atoms with van der Waals surface area (Å²) in [6.45, 7) is 2.00. The zero-order chi connectivity index (χ0) is 21.7. The van der Waals surface area contributed by atoms with Gasteiger partial charge in [-0.05, 0) is 61.6 Å². The van der Waals surface area contributed by atoms with Gasteiger partial charge < -0.3 is 19.9 Å². The van der Waals surface area contributed by atoms with Crippen molar-refractivity contribution in [2.24, 2.45) is 0 Å². The standard InChI is InChI=1S/C24H26FNO4/c1-16-22(12-11-20(27)13-21(28)14-24(29)30)23(17-7-9-18(25)10-8-17)15-26(16)19-5-3-2-4-6-19/h2-10,15,20-21,27-28H,11-14H2,1H3,(H,29,30)/t20-,21+/m0/s1. The highest BCUT2D eigenvalue weighted by Crippen LogP contribution is 2.32. The number of carbonyl (C=O) groups is 1. The van der Waals surface area contributed by atoms with Gasteiger partial charge in [-0.3, -0.25) is 4.79 Å². The molecule has 0 saturated carbocycles. The van der Waals surface area contributed by atoms with Crippen LogP contribution in [0.4, 0.5) is 4.39 Å². The second kappa shape index (κ2) is 9.69. The molecule has 1 aromatic heterocycles. The van der Waals surface area contributed by atoms with E-state index in [2.05, 4.69) is 4.57 Å². The lowest BCUT2D eigenvalue weighted by atomic mass is 9.96. The summed E-state index contributed by atoms with van der Waals surface area (Å²) in [7, 11) is 0. The SMILES string of the molecule is Cc1c(CC[C@H](O)C[C@@H](O)CC(=O)O)c(-c2ccc(F)cc2)cn1-c1ccccc1. The minimum absolute atomic E-state index is 0.0105. The first-order valence-electron chi connectivity index (χ1n) is 9.95. The Morgan fingerprint density at radius 1 is 1.03 bits per heavy atom. The molecule has 0 fully saturated rings. The fraction of sp³-hybridized carbons (Fsp3) is 0.292. The van der Waals surface area contributed by atoms with Gasteiger partial charge in [0.05, 0.1) is 18.6 Å². The smallest absolute Gasteiger partial charge is 0.305 e. The Kier molecular flexibility index (Phi) is 7.03. The van der Waals surface area contributed by atoms with Gasteiger partial charge in [0.15, 0.2) is 0 Å². The fourth-order valence-corrected chi connectivity index (χ4v) is 3.72. The Hall–Kier alpha value is -2.96. The topological polar surface area (TPSA) is 82.7 Å². The van der Waals surface area contributed by atoms with Gasteiger partial charge in [-0.1, -0.05) is 30.3 Å². The van der Waals surface area contributed by atoms with E-state index in [0.29, 0.717) is 12.8 Å². The third-order valence-corrected chi connectivity index (χ3v) is 5.25. The van der Waals surface area contributed by atoms with Gasteiger partial charge in [-0.25, -0.2) is 4.39 Å². The Bertz CT molecular complexity index is 982. The highest BCUT2D eigenvalue weighted by molar-refractivity contribution is 5.69. The van der Waals surface area contributed by atoms with E-state index in [1.54, 1.807) is 12.1 Å². The average molecular weight is 411 g/mol. The van der Waals surface area contributed by atoms with Gasteiger partial charge in [-0.15, -0.1) is 0 Å². The Labute approximate surface area is 175 Å². The van der Waals surface area contributed by atoms with Crippen LogP contribution >= 0.6 is 0 Å². The van der Waals surface area contributed by atoms with Gasteiger partial charge in [0.2, 0.25) is 0 Å². The monoisotopic (exact) mass is 411 g/mol. The number of aliphatic carboxylic acids is 1. The van der Waals surface area contributed by atoms with Crippen LogP contribution in [0.1, 0.15) is 30.5 Å². The highest BCUT2D eigenvalue weighted by Gasteiger charge is 2.19. The van der Waals surface area contributed by atoms with Crippen molar-refractivity contribution in [1.29, 1.82) is 0 Å². The first-order valence-corrected chi connectivity index (χ1v) is 9.95. The van der Waals surface area contributed by atoms with Crippen molar-refractivity contribution < 1.29 is 24.5 Å². The molecule has 0 unspecified atom stereocenters. The van der Waals surface area contributed by atoms with Crippen molar-refractivity contribution in [1.82, 2.24) is 4.57 Å². The Balaban J connectivity index is 1.87. The van der Waals surface area contributed by atoms with Crippen molar-refractivity contribution in [2.45, 2.75) is 44.8 Å². The van der Waals surface area contributed by atoms with Crippen LogP contribution in [0.5, 0.6) is 0 Å². The minimum atomic E-state index is -1.09. The van der Waals surface area contributed by atoms with Crippen molar-refractivity contribution in [3.63, 3.8) is 0 Å². The summed E-state index contributed by atoms with van der Waals surface area (Å²) in [5.74, 6) is -1.40. The van der Waals surface area contributed by atoms with E-state index in [1.807, 2.05) is 43.5 Å². The predicted molar refractivity (Wildman–Crippen MR) is 113 cm³/mol. The largest absolute Gasteiger partial charge is 0.481 e. The van der Waals surface area contributed by atoms with E-state index in [0.717, 1.165) is 28.1 Å². The zero-order valence-electron chi connectivity index (χ0n) is 16.8. The second-order valence-corrected chi connectivity index (χ2v) is 7.50. The number of nitrogens with zero attached hydrogens (tertiary/aromatic N) is 1. The molecule has 2 atom stereocenters. The number of benzene rings is 2. The Morgan fingerprint density at radius 3 is 2.33 bits per heavy atom. The number of aliphatic hydroxyl groups is 2. The molecule has 0 bridgehead atoms. The van der Waals surface area contributed by atoms with Crippen molar-refractivity contribution in [2.75, 3.05) is 0 Å². The number of aromatic nitrogens is 1. The molecule has 0 amide bonds. The molecule has 3 rings (SSSR count). The first-order chi connectivity index (χ1) is 14.3. The number of carboxylic acids is 1. The maximum Gasteiger partial charge on any atom is 0.305 e. The quantitative estimate of drug-likeness (QED) is 0.495. The first kappa shape index (κ1) is 21.7. The van der Waals surface area contributed by atoms with Crippen LogP contribution in [0, 0.1) is 12.7 Å². The van der Waals surface area contributed by atoms with E-state index < -0.39 is 18.2 Å². The number of carboxylic acid groups (broad SMARTS) is 1. The number of hydrogen-bond donors (Lipinski definition) is 3. The van der Waals surface area contributed by atoms with Crippen LogP contribution in [-0.4, -0.2) is 38.1 Å². The third kappa shape index (κ3) is 5.34. The summed E-state index contributed by atoms with van der Waals surface area (Å²) < 4.78 is 15.5. The number of halogens is 1. The molecular weight excluding hydrogens is 385 g/mol. The van der Waals surface area contributed by atoms with Crippen LogP contribution in [0.15, 0.2) is 60.8 Å². The van der Waals surface area contributed by atoms with Crippen LogP contribution in [-0.2, 0) is 11.2 Å². The number of para-hydroxylation sites is 1. The van der Waals surface area contributed by atoms with E-state index in [4.69, 9.17) is 5.11 Å². The highest BCUT2D eigenvalue weighted by atomic mass is 19.1. The second-order valence-electron chi connectivity index (χ2n) is 7.50. The zero-order valence-corrected chi connectivity index (χ0v) is 16.8. The molecule has 0 aliphatic rings. The molecule has 30 heavy (non-hydrogen) atoms. The lowest BCUT2D eigenvalue weighted by molar-refractivity contribution is -0.139. The summed E-state index contributed by atoms with van der Waals surface area (Å²) in [6, 6.07) is 16.2. The summed E-state index contributed by atoms with van der Waals surface area (Å²) in [5, 5.41) is 28.8. The molecule has 1 heterocycles. The average Bonchev–Trinajstić information content (AvgIpc) is 3.03. The van der Waals surface area contributed by atoms with Gasteiger partial charge in [0.25, 0.3) is 0 Å². The lowest BCUT2D eigenvalue weighted by Crippen LogP contribution is -2.21. The molecule has 158 valence electrons. The van der Waals surface area contributed by atoms with Crippen LogP contribution in [0.2, 0.25) is 0 Å². The molecular formula is C24H26FNO4. The fourth-order valence-electron chi connectivity index (χ4n) is 3.72. The van der Waals surface area contributed by atoms with E-state index in [1.165, 1.54) is 12.1 Å². The summed E-state index contributed by atoms with van der Waals surface area (Å²) >= 11 is 0. The molecule has 2 aromatic carbocycles. The molecule has 5 nitrogen and oxygen atoms in total. The van der Waals surface area contributed by atoms with Gasteiger partial charge in [0, 0.05) is 23.1 Å². The van der Waals surface area contributed by atoms with Gasteiger partial charge in [-0.2, -0.15) is 0 Å². The summed E-state index contributed by atoms with van der Waals surface area (Å²) in [5.41, 5.74) is 4.87. The number of rotatable bonds is 9. The molecule has 0 spiro atoms. The van der Waals surface area contributed by atoms with E-state index >= 15 is 0 Å². The van der Waals surface area contributed by atoms with E-state index in [9.17, 15) is 19.4 Å². The maximum absolute atomic E-state index is 13.4. The van der Waals surface area contributed by atoms with Crippen molar-refractivity contribution >= 4 is 5.97 Å². The van der Waals surface area contributed by atoms with Crippen molar-refractivity contribution in [3.8, 4) is 16.8 Å². The minimum Gasteiger partial charge on any atom is -0.481 e. The normalized spacial score (nSPS) is 13.2. The van der Waals surface area contributed by atoms with Gasteiger partial charge >= 0.3 is 5.97 Å². The molecule has 6 heteroatoms. The van der Waals surface area contributed by atoms with Gasteiger partial charge in [0.1, 0.15) is 5.82 Å². The summed E-state index contributed by atoms with van der Waals surface area (Å²) in [6.07, 6.45) is 0.657. The molecule has 0 aliphatic heterocycles. The molecule has 0 saturated heterocycles. The van der Waals surface area contributed by atoms with Crippen LogP contribution in [0.3, 0.4) is 0 Å². The predicted octanol–water partition coefficient (Wildman–Crippen LogP) is 4.11. The maximum atomic E-state index is 13.4. The van der Waals surface area contributed by atoms with Crippen LogP contribution in [0.25, 0.3) is 16.8 Å². The summed E-state index contributed by atoms with van der Waals surface area (Å²) in [4.78, 5) is 10.7. The molecule has 3 N–H and O–H groups in total. The van der Waals surface area contributed by atoms with E-state index in [-0.39, 0.29) is 18.7 Å². The third-order valence-electron chi connectivity index (χ3n) is 5.25. The number of aliphatic hydroxyl groups excluding tert-OH is 2. The molecule has 3 aromatic rings. The Morgan fingerprint density at radius 2 is 1.70 bits per heavy atom. The molecule has 0 radical (unpaired) electrons. The van der Waals surface area contributed by atoms with Crippen LogP contribution < -0.4 is 0 Å². The number of hydrogen-bond acceptors (Lipinski definition) is 3. The lowest BCUT2D eigenvalue weighted by Gasteiger charge is -2.15.